The van der Waals surface area contributed by atoms with Gasteiger partial charge < -0.3 is 20.9 Å². The summed E-state index contributed by atoms with van der Waals surface area (Å²) in [5, 5.41) is 2.82. The van der Waals surface area contributed by atoms with E-state index in [2.05, 4.69) is 22.2 Å². The third-order valence-electron chi connectivity index (χ3n) is 5.69. The van der Waals surface area contributed by atoms with Gasteiger partial charge in [0, 0.05) is 50.0 Å². The number of rotatable bonds is 8. The summed E-state index contributed by atoms with van der Waals surface area (Å²) >= 11 is 0. The number of likely N-dealkylation sites (tertiary alicyclic amines) is 1. The van der Waals surface area contributed by atoms with Crippen molar-refractivity contribution in [2.45, 2.75) is 70.4 Å². The zero-order chi connectivity index (χ0) is 21.0. The van der Waals surface area contributed by atoms with E-state index in [0.717, 1.165) is 24.4 Å². The van der Waals surface area contributed by atoms with Crippen LogP contribution in [0.25, 0.3) is 0 Å². The van der Waals surface area contributed by atoms with Crippen molar-refractivity contribution >= 4 is 23.5 Å². The maximum absolute atomic E-state index is 13.2. The summed E-state index contributed by atoms with van der Waals surface area (Å²) in [6.07, 6.45) is 5.99. The number of nitrogens with zero attached hydrogens (tertiary/aromatic N) is 2. The second-order valence-corrected chi connectivity index (χ2v) is 7.94. The van der Waals surface area contributed by atoms with E-state index >= 15 is 0 Å². The first-order valence-corrected chi connectivity index (χ1v) is 10.3. The first kappa shape index (κ1) is 21.0. The van der Waals surface area contributed by atoms with Crippen LogP contribution in [-0.2, 0) is 32.0 Å². The Balaban J connectivity index is 1.76. The first-order valence-electron chi connectivity index (χ1n) is 10.3. The van der Waals surface area contributed by atoms with Gasteiger partial charge in [0.05, 0.1) is 0 Å². The van der Waals surface area contributed by atoms with Crippen molar-refractivity contribution in [3.8, 4) is 0 Å². The molecule has 2 fully saturated rings. The highest BCUT2D eigenvalue weighted by molar-refractivity contribution is 5.94. The normalized spacial score (nSPS) is 22.7. The van der Waals surface area contributed by atoms with Crippen LogP contribution in [0.5, 0.6) is 0 Å². The van der Waals surface area contributed by atoms with Crippen molar-refractivity contribution in [2.75, 3.05) is 6.54 Å². The summed E-state index contributed by atoms with van der Waals surface area (Å²) < 4.78 is 0. The van der Waals surface area contributed by atoms with E-state index in [4.69, 9.17) is 5.73 Å². The molecule has 0 aromatic carbocycles. The van der Waals surface area contributed by atoms with Crippen LogP contribution >= 0.6 is 0 Å². The van der Waals surface area contributed by atoms with Crippen molar-refractivity contribution in [1.82, 2.24) is 20.2 Å². The Morgan fingerprint density at radius 1 is 1.38 bits per heavy atom. The Labute approximate surface area is 169 Å². The summed E-state index contributed by atoms with van der Waals surface area (Å²) in [5.74, 6) is -0.653. The number of imidazole rings is 1. The lowest BCUT2D eigenvalue weighted by Gasteiger charge is -2.28. The molecule has 1 aromatic heterocycles. The van der Waals surface area contributed by atoms with Gasteiger partial charge in [-0.2, -0.15) is 0 Å². The van der Waals surface area contributed by atoms with Gasteiger partial charge in [-0.15, -0.1) is 0 Å². The van der Waals surface area contributed by atoms with Crippen LogP contribution in [0.4, 0.5) is 0 Å². The molecule has 2 heterocycles. The van der Waals surface area contributed by atoms with Crippen LogP contribution < -0.4 is 11.1 Å². The highest BCUT2D eigenvalue weighted by Crippen LogP contribution is 2.23. The number of nitrogens with two attached hydrogens (primary N) is 1. The van der Waals surface area contributed by atoms with Crippen molar-refractivity contribution in [3.63, 3.8) is 0 Å². The number of aromatic amines is 1. The zero-order valence-corrected chi connectivity index (χ0v) is 16.8. The highest BCUT2D eigenvalue weighted by atomic mass is 16.2. The number of amides is 3. The molecule has 4 N–H and O–H groups in total. The van der Waals surface area contributed by atoms with E-state index in [9.17, 15) is 19.2 Å². The van der Waals surface area contributed by atoms with E-state index in [1.54, 1.807) is 6.20 Å². The van der Waals surface area contributed by atoms with Gasteiger partial charge in [-0.1, -0.05) is 6.92 Å². The molecule has 9 heteroatoms. The Bertz CT molecular complexity index is 790. The smallest absolute Gasteiger partial charge is 0.246 e. The molecular formula is C20H29N5O4. The molecule has 3 rings (SSSR count). The van der Waals surface area contributed by atoms with Gasteiger partial charge in [-0.05, 0) is 25.7 Å². The molecule has 0 spiro atoms. The Morgan fingerprint density at radius 3 is 2.83 bits per heavy atom. The Hall–Kier alpha value is -2.71. The molecular weight excluding hydrogens is 374 g/mol. The second-order valence-electron chi connectivity index (χ2n) is 7.94. The topological polar surface area (TPSA) is 138 Å². The van der Waals surface area contributed by atoms with E-state index < -0.39 is 23.9 Å². The first-order chi connectivity index (χ1) is 13.9. The van der Waals surface area contributed by atoms with Gasteiger partial charge in [0.15, 0.2) is 0 Å². The third kappa shape index (κ3) is 5.02. The lowest BCUT2D eigenvalue weighted by Crippen LogP contribution is -2.54. The van der Waals surface area contributed by atoms with E-state index in [1.807, 2.05) is 0 Å². The van der Waals surface area contributed by atoms with Gasteiger partial charge in [0.2, 0.25) is 17.7 Å². The average Bonchev–Trinajstić information content (AvgIpc) is 3.41. The van der Waals surface area contributed by atoms with Crippen molar-refractivity contribution < 1.29 is 19.2 Å². The molecule has 2 aliphatic rings. The Morgan fingerprint density at radius 2 is 2.17 bits per heavy atom. The molecule has 1 saturated carbocycles. The Kier molecular flexibility index (Phi) is 6.66. The predicted molar refractivity (Wildman–Crippen MR) is 104 cm³/mol. The van der Waals surface area contributed by atoms with E-state index in [-0.39, 0.29) is 30.4 Å². The molecule has 1 aliphatic carbocycles. The molecule has 1 aliphatic heterocycles. The molecule has 3 amide bonds. The minimum Gasteiger partial charge on any atom is -0.368 e. The minimum atomic E-state index is -0.840. The van der Waals surface area contributed by atoms with Crippen molar-refractivity contribution in [3.05, 3.63) is 17.7 Å². The number of carbonyl (C=O) groups is 4. The van der Waals surface area contributed by atoms with Gasteiger partial charge in [0.1, 0.15) is 23.7 Å². The van der Waals surface area contributed by atoms with Gasteiger partial charge >= 0.3 is 0 Å². The van der Waals surface area contributed by atoms with E-state index in [0.29, 0.717) is 32.2 Å². The SMILES string of the molecule is CCCc1ncc(C[C@H](NC(=O)[C@H]2CCC(=O)C2)C(=O)N2CCC[C@H]2C(N)=O)[nH]1. The molecule has 0 radical (unpaired) electrons. The number of ketones is 1. The molecule has 3 atom stereocenters. The summed E-state index contributed by atoms with van der Waals surface area (Å²) in [6.45, 7) is 2.49. The number of hydrogen-bond donors (Lipinski definition) is 3. The molecule has 158 valence electrons. The summed E-state index contributed by atoms with van der Waals surface area (Å²) in [5.41, 5.74) is 6.20. The van der Waals surface area contributed by atoms with Gasteiger partial charge in [-0.25, -0.2) is 4.98 Å². The molecule has 0 bridgehead atoms. The van der Waals surface area contributed by atoms with Crippen LogP contribution in [0, 0.1) is 5.92 Å². The number of primary amides is 1. The van der Waals surface area contributed by atoms with Crippen LogP contribution in [0.1, 0.15) is 57.0 Å². The molecule has 1 aromatic rings. The fraction of sp³-hybridized carbons (Fsp3) is 0.650. The maximum Gasteiger partial charge on any atom is 0.246 e. The van der Waals surface area contributed by atoms with Crippen LogP contribution in [0.3, 0.4) is 0 Å². The fourth-order valence-corrected chi connectivity index (χ4v) is 4.15. The summed E-state index contributed by atoms with van der Waals surface area (Å²) in [7, 11) is 0. The largest absolute Gasteiger partial charge is 0.368 e. The molecule has 29 heavy (non-hydrogen) atoms. The highest BCUT2D eigenvalue weighted by Gasteiger charge is 2.38. The lowest BCUT2D eigenvalue weighted by atomic mass is 10.0. The molecule has 1 saturated heterocycles. The van der Waals surface area contributed by atoms with Crippen LogP contribution in [0.15, 0.2) is 6.20 Å². The number of nitrogens with one attached hydrogen (secondary N) is 2. The zero-order valence-electron chi connectivity index (χ0n) is 16.8. The molecule has 9 nitrogen and oxygen atoms in total. The number of hydrogen-bond acceptors (Lipinski definition) is 5. The fourth-order valence-electron chi connectivity index (χ4n) is 4.15. The summed E-state index contributed by atoms with van der Waals surface area (Å²) in [6, 6.07) is -1.49. The second kappa shape index (κ2) is 9.19. The van der Waals surface area contributed by atoms with Crippen molar-refractivity contribution in [1.29, 1.82) is 0 Å². The van der Waals surface area contributed by atoms with Crippen molar-refractivity contribution in [2.24, 2.45) is 11.7 Å². The number of H-pyrrole nitrogens is 1. The number of aryl methyl sites for hydroxylation is 1. The number of aromatic nitrogens is 2. The van der Waals surface area contributed by atoms with Crippen LogP contribution in [0.2, 0.25) is 0 Å². The predicted octanol–water partition coefficient (Wildman–Crippen LogP) is 0.235. The van der Waals surface area contributed by atoms with Gasteiger partial charge in [0.25, 0.3) is 0 Å². The van der Waals surface area contributed by atoms with Crippen LogP contribution in [-0.4, -0.2) is 57.0 Å². The standard InChI is InChI=1S/C20H29N5O4/c1-2-4-17-22-11-13(23-17)10-15(24-19(28)12-6-7-14(26)9-12)20(29)25-8-3-5-16(25)18(21)27/h11-12,15-16H,2-10H2,1H3,(H2,21,27)(H,22,23)(H,24,28)/t12-,15-,16-/m0/s1. The quantitative estimate of drug-likeness (QED) is 0.570. The minimum absolute atomic E-state index is 0.0686. The number of Topliss-reactive ketones (excluding diaryl/α,β-unsaturated/α-hetero) is 1. The third-order valence-corrected chi connectivity index (χ3v) is 5.69. The monoisotopic (exact) mass is 403 g/mol. The lowest BCUT2D eigenvalue weighted by molar-refractivity contribution is -0.141. The summed E-state index contributed by atoms with van der Waals surface area (Å²) in [4.78, 5) is 58.1. The van der Waals surface area contributed by atoms with Gasteiger partial charge in [-0.3, -0.25) is 19.2 Å². The number of carbonyl (C=O) groups excluding carboxylic acids is 4. The molecule has 0 unspecified atom stereocenters. The average molecular weight is 403 g/mol. The van der Waals surface area contributed by atoms with E-state index in [1.165, 1.54) is 4.90 Å². The maximum atomic E-state index is 13.2.